The molecule has 0 radical (unpaired) electrons. The van der Waals surface area contributed by atoms with Gasteiger partial charge < -0.3 is 15.4 Å². The van der Waals surface area contributed by atoms with Crippen LogP contribution < -0.4 is 10.6 Å². The fourth-order valence-electron chi connectivity index (χ4n) is 3.39. The number of benzene rings is 1. The Hall–Kier alpha value is -2.14. The second kappa shape index (κ2) is 11.9. The maximum Gasteiger partial charge on any atom is 0.241 e. The van der Waals surface area contributed by atoms with Gasteiger partial charge in [0.2, 0.25) is 11.8 Å². The van der Waals surface area contributed by atoms with Gasteiger partial charge in [0, 0.05) is 24.8 Å². The molecule has 2 rings (SSSR count). The summed E-state index contributed by atoms with van der Waals surface area (Å²) >= 11 is 6.03. The summed E-state index contributed by atoms with van der Waals surface area (Å²) in [6, 6.07) is 6.50. The van der Waals surface area contributed by atoms with Crippen LogP contribution in [0.15, 0.2) is 18.2 Å². The van der Waals surface area contributed by atoms with Gasteiger partial charge in [-0.1, -0.05) is 11.6 Å². The molecule has 2 amide bonds. The normalized spacial score (nSPS) is 16.1. The molecule has 1 unspecified atom stereocenters. The van der Waals surface area contributed by atoms with Gasteiger partial charge in [0.15, 0.2) is 0 Å². The van der Waals surface area contributed by atoms with Crippen molar-refractivity contribution in [2.24, 2.45) is 5.92 Å². The molecule has 1 fully saturated rings. The number of nitrogens with zero attached hydrogens (tertiary/aromatic N) is 2. The van der Waals surface area contributed by atoms with Crippen LogP contribution in [-0.2, 0) is 14.3 Å². The van der Waals surface area contributed by atoms with E-state index in [2.05, 4.69) is 15.5 Å². The molecule has 0 spiro atoms. The van der Waals surface area contributed by atoms with E-state index in [1.807, 2.05) is 26.8 Å². The van der Waals surface area contributed by atoms with Gasteiger partial charge in [-0.2, -0.15) is 5.26 Å². The second-order valence-electron chi connectivity index (χ2n) is 7.85. The Kier molecular flexibility index (Phi) is 9.57. The van der Waals surface area contributed by atoms with Crippen LogP contribution >= 0.6 is 11.6 Å². The Labute approximate surface area is 183 Å². The molecule has 1 aliphatic rings. The van der Waals surface area contributed by atoms with Crippen molar-refractivity contribution in [3.63, 3.8) is 0 Å². The number of anilines is 1. The minimum Gasteiger partial charge on any atom is -0.379 e. The van der Waals surface area contributed by atoms with Gasteiger partial charge in [0.25, 0.3) is 0 Å². The Morgan fingerprint density at radius 1 is 1.30 bits per heavy atom. The molecule has 0 aliphatic carbocycles. The van der Waals surface area contributed by atoms with Crippen molar-refractivity contribution in [1.82, 2.24) is 10.2 Å². The largest absolute Gasteiger partial charge is 0.379 e. The first kappa shape index (κ1) is 24.1. The van der Waals surface area contributed by atoms with E-state index in [1.54, 1.807) is 18.2 Å². The van der Waals surface area contributed by atoms with Crippen molar-refractivity contribution in [1.29, 1.82) is 5.26 Å². The first-order chi connectivity index (χ1) is 14.3. The zero-order valence-corrected chi connectivity index (χ0v) is 18.7. The van der Waals surface area contributed by atoms with Gasteiger partial charge in [-0.05, 0) is 71.3 Å². The highest BCUT2D eigenvalue weighted by molar-refractivity contribution is 6.32. The Morgan fingerprint density at radius 3 is 2.60 bits per heavy atom. The van der Waals surface area contributed by atoms with E-state index in [1.165, 1.54) is 0 Å². The topological polar surface area (TPSA) is 94.5 Å². The molecule has 2 N–H and O–H groups in total. The highest BCUT2D eigenvalue weighted by atomic mass is 35.5. The molecule has 8 heteroatoms. The van der Waals surface area contributed by atoms with Crippen LogP contribution in [-0.4, -0.2) is 55.1 Å². The third kappa shape index (κ3) is 7.28. The summed E-state index contributed by atoms with van der Waals surface area (Å²) in [4.78, 5) is 27.0. The van der Waals surface area contributed by atoms with Crippen molar-refractivity contribution < 1.29 is 14.3 Å². The molecule has 1 heterocycles. The zero-order valence-electron chi connectivity index (χ0n) is 17.9. The highest BCUT2D eigenvalue weighted by Gasteiger charge is 2.29. The summed E-state index contributed by atoms with van der Waals surface area (Å²) in [6.45, 7) is 8.50. The average molecular weight is 435 g/mol. The lowest BCUT2D eigenvalue weighted by molar-refractivity contribution is -0.127. The molecule has 7 nitrogen and oxygen atoms in total. The SMILES string of the molecule is CC(C)OCCCNC(=O)C1CCN(C(C)C(=O)Nc2ccc(C#N)c(Cl)c2)CC1. The van der Waals surface area contributed by atoms with E-state index in [-0.39, 0.29) is 29.9 Å². The van der Waals surface area contributed by atoms with Gasteiger partial charge in [0.1, 0.15) is 6.07 Å². The van der Waals surface area contributed by atoms with Crippen molar-refractivity contribution in [3.8, 4) is 6.07 Å². The molecule has 1 saturated heterocycles. The van der Waals surface area contributed by atoms with E-state index in [9.17, 15) is 9.59 Å². The van der Waals surface area contributed by atoms with Crippen LogP contribution in [0.5, 0.6) is 0 Å². The summed E-state index contributed by atoms with van der Waals surface area (Å²) in [5, 5.41) is 15.1. The number of ether oxygens (including phenoxy) is 1. The summed E-state index contributed by atoms with van der Waals surface area (Å²) in [5.74, 6) is -0.0628. The van der Waals surface area contributed by atoms with Crippen LogP contribution in [0.3, 0.4) is 0 Å². The predicted octanol–water partition coefficient (Wildman–Crippen LogP) is 3.18. The van der Waals surface area contributed by atoms with Gasteiger partial charge in [0.05, 0.1) is 22.7 Å². The molecule has 1 atom stereocenters. The number of carbonyl (C=O) groups is 2. The van der Waals surface area contributed by atoms with Crippen LogP contribution in [0.1, 0.15) is 45.6 Å². The van der Waals surface area contributed by atoms with Crippen LogP contribution in [0.4, 0.5) is 5.69 Å². The zero-order chi connectivity index (χ0) is 22.1. The number of piperidine rings is 1. The number of rotatable bonds is 9. The smallest absolute Gasteiger partial charge is 0.241 e. The molecule has 0 bridgehead atoms. The Bertz CT molecular complexity index is 770. The average Bonchev–Trinajstić information content (AvgIpc) is 2.72. The van der Waals surface area contributed by atoms with E-state index in [0.717, 1.165) is 19.3 Å². The fourth-order valence-corrected chi connectivity index (χ4v) is 3.61. The molecule has 0 aromatic heterocycles. The maximum atomic E-state index is 12.6. The van der Waals surface area contributed by atoms with Crippen LogP contribution in [0, 0.1) is 17.2 Å². The minimum atomic E-state index is -0.323. The first-order valence-electron chi connectivity index (χ1n) is 10.5. The molecule has 30 heavy (non-hydrogen) atoms. The summed E-state index contributed by atoms with van der Waals surface area (Å²) in [5.41, 5.74) is 0.932. The monoisotopic (exact) mass is 434 g/mol. The van der Waals surface area contributed by atoms with Crippen molar-refractivity contribution >= 4 is 29.1 Å². The van der Waals surface area contributed by atoms with Gasteiger partial charge in [-0.25, -0.2) is 0 Å². The van der Waals surface area contributed by atoms with Gasteiger partial charge in [-0.15, -0.1) is 0 Å². The number of amides is 2. The molecular weight excluding hydrogens is 404 g/mol. The second-order valence-corrected chi connectivity index (χ2v) is 8.25. The number of halogens is 1. The Morgan fingerprint density at radius 2 is 2.00 bits per heavy atom. The van der Waals surface area contributed by atoms with Crippen LogP contribution in [0.25, 0.3) is 0 Å². The van der Waals surface area contributed by atoms with E-state index in [4.69, 9.17) is 21.6 Å². The van der Waals surface area contributed by atoms with E-state index >= 15 is 0 Å². The fraction of sp³-hybridized carbons (Fsp3) is 0.591. The van der Waals surface area contributed by atoms with Gasteiger partial charge in [-0.3, -0.25) is 14.5 Å². The maximum absolute atomic E-state index is 12.6. The quantitative estimate of drug-likeness (QED) is 0.582. The number of carbonyl (C=O) groups excluding carboxylic acids is 2. The van der Waals surface area contributed by atoms with Crippen molar-refractivity contribution in [2.75, 3.05) is 31.6 Å². The molecule has 1 aromatic carbocycles. The number of hydrogen-bond donors (Lipinski definition) is 2. The number of likely N-dealkylation sites (tertiary alicyclic amines) is 1. The summed E-state index contributed by atoms with van der Waals surface area (Å²) in [6.07, 6.45) is 2.47. The van der Waals surface area contributed by atoms with Crippen LogP contribution in [0.2, 0.25) is 5.02 Å². The van der Waals surface area contributed by atoms with Gasteiger partial charge >= 0.3 is 0 Å². The van der Waals surface area contributed by atoms with Crippen molar-refractivity contribution in [3.05, 3.63) is 28.8 Å². The Balaban J connectivity index is 1.74. The van der Waals surface area contributed by atoms with E-state index in [0.29, 0.717) is 42.5 Å². The standard InChI is InChI=1S/C22H31ClN4O3/c1-15(2)30-12-4-9-25-22(29)17-7-10-27(11-8-17)16(3)21(28)26-19-6-5-18(14-24)20(23)13-19/h5-6,13,15-17H,4,7-12H2,1-3H3,(H,25,29)(H,26,28). The minimum absolute atomic E-state index is 0.0140. The molecule has 1 aliphatic heterocycles. The number of hydrogen-bond acceptors (Lipinski definition) is 5. The van der Waals surface area contributed by atoms with Crippen molar-refractivity contribution in [2.45, 2.75) is 52.2 Å². The lowest BCUT2D eigenvalue weighted by atomic mass is 9.95. The molecule has 0 saturated carbocycles. The lowest BCUT2D eigenvalue weighted by Gasteiger charge is -2.34. The summed E-state index contributed by atoms with van der Waals surface area (Å²) in [7, 11) is 0. The van der Waals surface area contributed by atoms with E-state index < -0.39 is 0 Å². The predicted molar refractivity (Wildman–Crippen MR) is 117 cm³/mol. The first-order valence-corrected chi connectivity index (χ1v) is 10.8. The molecule has 1 aromatic rings. The summed E-state index contributed by atoms with van der Waals surface area (Å²) < 4.78 is 5.48. The lowest BCUT2D eigenvalue weighted by Crippen LogP contribution is -2.48. The third-order valence-electron chi connectivity index (χ3n) is 5.26. The molecular formula is C22H31ClN4O3. The third-order valence-corrected chi connectivity index (χ3v) is 5.57. The molecule has 164 valence electrons. The highest BCUT2D eigenvalue weighted by Crippen LogP contribution is 2.22. The number of nitrogens with one attached hydrogen (secondary N) is 2. The number of nitriles is 1.